The van der Waals surface area contributed by atoms with E-state index in [4.69, 9.17) is 16.3 Å². The molecule has 33 heavy (non-hydrogen) atoms. The van der Waals surface area contributed by atoms with Crippen LogP contribution in [-0.2, 0) is 19.1 Å². The number of aliphatic carboxylic acids is 1. The molecule has 0 radical (unpaired) electrons. The Labute approximate surface area is 197 Å². The van der Waals surface area contributed by atoms with E-state index < -0.39 is 35.0 Å². The van der Waals surface area contributed by atoms with Crippen molar-refractivity contribution in [2.45, 2.75) is 49.9 Å². The van der Waals surface area contributed by atoms with Crippen molar-refractivity contribution >= 4 is 35.1 Å². The number of rotatable bonds is 9. The lowest BCUT2D eigenvalue weighted by Gasteiger charge is -2.36. The number of hydrogen-bond acceptors (Lipinski definition) is 5. The molecule has 5 atom stereocenters. The van der Waals surface area contributed by atoms with Gasteiger partial charge in [0.25, 0.3) is 5.91 Å². The Morgan fingerprint density at radius 3 is 2.61 bits per heavy atom. The number of aliphatic hydroxyl groups is 1. The number of anilines is 1. The first-order valence-corrected chi connectivity index (χ1v) is 11.7. The van der Waals surface area contributed by atoms with E-state index >= 15 is 0 Å². The summed E-state index contributed by atoms with van der Waals surface area (Å²) in [6.07, 6.45) is 3.22. The van der Waals surface area contributed by atoms with Crippen LogP contribution in [0.4, 0.5) is 5.69 Å². The molecule has 3 heterocycles. The van der Waals surface area contributed by atoms with E-state index in [1.165, 1.54) is 9.80 Å². The van der Waals surface area contributed by atoms with E-state index in [-0.39, 0.29) is 37.9 Å². The minimum atomic E-state index is -1.21. The molecule has 2 amide bonds. The Bertz CT molecular complexity index is 968. The molecule has 0 saturated carbocycles. The second-order valence-electron chi connectivity index (χ2n) is 8.99. The number of nitrogens with zero attached hydrogens (tertiary/aromatic N) is 2. The summed E-state index contributed by atoms with van der Waals surface area (Å²) < 4.78 is 6.49. The molecule has 3 aliphatic rings. The zero-order valence-corrected chi connectivity index (χ0v) is 19.3. The summed E-state index contributed by atoms with van der Waals surface area (Å²) >= 11 is 6.02. The van der Waals surface area contributed by atoms with E-state index in [0.29, 0.717) is 30.0 Å². The number of fused-ring (bicyclic) bond motifs is 1. The molecule has 3 aliphatic heterocycles. The molecule has 3 saturated heterocycles. The first-order valence-electron chi connectivity index (χ1n) is 11.3. The molecule has 9 heteroatoms. The van der Waals surface area contributed by atoms with Crippen LogP contribution in [0.3, 0.4) is 0 Å². The lowest BCUT2D eigenvalue weighted by Crippen LogP contribution is -2.56. The third kappa shape index (κ3) is 3.47. The zero-order valence-electron chi connectivity index (χ0n) is 18.6. The fourth-order valence-electron chi connectivity index (χ4n) is 6.07. The van der Waals surface area contributed by atoms with Crippen LogP contribution < -0.4 is 4.90 Å². The van der Waals surface area contributed by atoms with Crippen LogP contribution in [0.15, 0.2) is 36.9 Å². The van der Waals surface area contributed by atoms with Gasteiger partial charge in [0.1, 0.15) is 17.6 Å². The summed E-state index contributed by atoms with van der Waals surface area (Å²) in [5, 5.41) is 20.0. The van der Waals surface area contributed by atoms with Gasteiger partial charge in [0.2, 0.25) is 5.91 Å². The van der Waals surface area contributed by atoms with Crippen molar-refractivity contribution in [3.63, 3.8) is 0 Å². The standard InChI is InChI=1S/C24H29ClN2O6/c1-3-12-26(16-8-6-15(25)7-9-16)21(30)19-24-11-10-23(4-2,33-24)18(22(31)32)17(24)20(29)27(19)13-5-14-28/h3,6-9,17-19,28H,1,4-5,10-14H2,2H3,(H,31,32)/t17-,18-,19?,23+,24?/m0/s1. The molecule has 2 N–H and O–H groups in total. The number of ether oxygens (including phenoxy) is 1. The Hall–Kier alpha value is -2.42. The number of carboxylic acids is 1. The highest BCUT2D eigenvalue weighted by molar-refractivity contribution is 6.30. The Morgan fingerprint density at radius 1 is 1.33 bits per heavy atom. The van der Waals surface area contributed by atoms with Gasteiger partial charge in [0.05, 0.1) is 11.5 Å². The van der Waals surface area contributed by atoms with Crippen molar-refractivity contribution in [1.82, 2.24) is 4.90 Å². The maximum atomic E-state index is 14.1. The number of hydrogen-bond donors (Lipinski definition) is 2. The number of amides is 2. The monoisotopic (exact) mass is 476 g/mol. The maximum Gasteiger partial charge on any atom is 0.310 e. The number of benzene rings is 1. The van der Waals surface area contributed by atoms with Crippen LogP contribution in [0.25, 0.3) is 0 Å². The Balaban J connectivity index is 1.81. The number of carboxylic acid groups (broad SMARTS) is 1. The second kappa shape index (κ2) is 8.74. The van der Waals surface area contributed by atoms with Gasteiger partial charge in [0, 0.05) is 30.4 Å². The van der Waals surface area contributed by atoms with E-state index in [1.54, 1.807) is 30.3 Å². The maximum absolute atomic E-state index is 14.1. The van der Waals surface area contributed by atoms with Crippen molar-refractivity contribution in [2.75, 3.05) is 24.6 Å². The summed E-state index contributed by atoms with van der Waals surface area (Å²) in [4.78, 5) is 43.0. The minimum Gasteiger partial charge on any atom is -0.481 e. The van der Waals surface area contributed by atoms with Crippen molar-refractivity contribution < 1.29 is 29.3 Å². The van der Waals surface area contributed by atoms with Crippen LogP contribution >= 0.6 is 11.6 Å². The summed E-state index contributed by atoms with van der Waals surface area (Å²) in [5.41, 5.74) is -1.59. The largest absolute Gasteiger partial charge is 0.481 e. The van der Waals surface area contributed by atoms with Crippen LogP contribution in [0.1, 0.15) is 32.6 Å². The molecular weight excluding hydrogens is 448 g/mol. The number of carbonyl (C=O) groups is 3. The third-order valence-electron chi connectivity index (χ3n) is 7.45. The number of halogens is 1. The highest BCUT2D eigenvalue weighted by atomic mass is 35.5. The second-order valence-corrected chi connectivity index (χ2v) is 9.43. The molecule has 1 aromatic carbocycles. The average molecular weight is 477 g/mol. The molecule has 3 fully saturated rings. The van der Waals surface area contributed by atoms with E-state index in [0.717, 1.165) is 0 Å². The molecule has 2 unspecified atom stereocenters. The van der Waals surface area contributed by atoms with Crippen molar-refractivity contribution in [3.05, 3.63) is 41.9 Å². The van der Waals surface area contributed by atoms with Crippen LogP contribution in [0.5, 0.6) is 0 Å². The van der Waals surface area contributed by atoms with Crippen molar-refractivity contribution in [1.29, 1.82) is 0 Å². The Morgan fingerprint density at radius 2 is 2.03 bits per heavy atom. The molecule has 2 bridgehead atoms. The number of likely N-dealkylation sites (tertiary alicyclic amines) is 1. The summed E-state index contributed by atoms with van der Waals surface area (Å²) in [5.74, 6) is -3.77. The minimum absolute atomic E-state index is 0.140. The van der Waals surface area contributed by atoms with Crippen molar-refractivity contribution in [3.8, 4) is 0 Å². The van der Waals surface area contributed by atoms with Crippen LogP contribution in [0.2, 0.25) is 5.02 Å². The lowest BCUT2D eigenvalue weighted by molar-refractivity contribution is -0.155. The van der Waals surface area contributed by atoms with Crippen LogP contribution in [0, 0.1) is 11.8 Å². The van der Waals surface area contributed by atoms with Crippen molar-refractivity contribution in [2.24, 2.45) is 11.8 Å². The first kappa shape index (κ1) is 23.7. The molecule has 178 valence electrons. The molecule has 0 aromatic heterocycles. The summed E-state index contributed by atoms with van der Waals surface area (Å²) in [7, 11) is 0. The highest BCUT2D eigenvalue weighted by Crippen LogP contribution is 2.64. The Kier molecular flexibility index (Phi) is 6.28. The van der Waals surface area contributed by atoms with Gasteiger partial charge in [-0.05, 0) is 49.9 Å². The van der Waals surface area contributed by atoms with E-state index in [2.05, 4.69) is 6.58 Å². The normalized spacial score (nSPS) is 32.2. The molecular formula is C24H29ClN2O6. The van der Waals surface area contributed by atoms with Gasteiger partial charge >= 0.3 is 5.97 Å². The van der Waals surface area contributed by atoms with Gasteiger partial charge in [-0.1, -0.05) is 24.6 Å². The van der Waals surface area contributed by atoms with Gasteiger partial charge in [0.15, 0.2) is 0 Å². The van der Waals surface area contributed by atoms with Gasteiger partial charge in [-0.25, -0.2) is 0 Å². The molecule has 1 spiro atoms. The molecule has 0 aliphatic carbocycles. The molecule has 8 nitrogen and oxygen atoms in total. The first-order chi connectivity index (χ1) is 15.8. The molecule has 4 rings (SSSR count). The van der Waals surface area contributed by atoms with E-state index in [1.807, 2.05) is 6.92 Å². The fourth-order valence-corrected chi connectivity index (χ4v) is 6.20. The smallest absolute Gasteiger partial charge is 0.310 e. The van der Waals surface area contributed by atoms with Gasteiger partial charge < -0.3 is 24.7 Å². The summed E-state index contributed by atoms with van der Waals surface area (Å²) in [6, 6.07) is 5.79. The summed E-state index contributed by atoms with van der Waals surface area (Å²) in [6.45, 7) is 5.81. The topological polar surface area (TPSA) is 107 Å². The van der Waals surface area contributed by atoms with E-state index in [9.17, 15) is 24.6 Å². The quantitative estimate of drug-likeness (QED) is 0.530. The third-order valence-corrected chi connectivity index (χ3v) is 7.71. The predicted octanol–water partition coefficient (Wildman–Crippen LogP) is 2.48. The predicted molar refractivity (Wildman–Crippen MR) is 122 cm³/mol. The number of aliphatic hydroxyl groups excluding tert-OH is 1. The van der Waals surface area contributed by atoms with Gasteiger partial charge in [-0.15, -0.1) is 6.58 Å². The van der Waals surface area contributed by atoms with Crippen LogP contribution in [-0.4, -0.2) is 69.8 Å². The SMILES string of the molecule is C=CCN(C(=O)C1N(CCCO)C(=O)[C@@H]2[C@@H](C(=O)O)[C@@]3(CC)CCC12O3)c1ccc(Cl)cc1. The average Bonchev–Trinajstić information content (AvgIpc) is 3.40. The fraction of sp³-hybridized carbons (Fsp3) is 0.542. The highest BCUT2D eigenvalue weighted by Gasteiger charge is 2.79. The van der Waals surface area contributed by atoms with Gasteiger partial charge in [-0.3, -0.25) is 14.4 Å². The zero-order chi connectivity index (χ0) is 24.0. The molecule has 1 aromatic rings. The van der Waals surface area contributed by atoms with Gasteiger partial charge in [-0.2, -0.15) is 0 Å². The number of carbonyl (C=O) groups excluding carboxylic acids is 2. The lowest BCUT2D eigenvalue weighted by atomic mass is 9.65.